The summed E-state index contributed by atoms with van der Waals surface area (Å²) in [4.78, 5) is 29.6. The largest absolute Gasteiger partial charge is 0.494 e. The van der Waals surface area contributed by atoms with Crippen molar-refractivity contribution in [3.63, 3.8) is 0 Å². The number of halogens is 2. The number of carbonyl (C=O) groups excluding carboxylic acids is 2. The number of hydrazone groups is 1. The molecule has 7 nitrogen and oxygen atoms in total. The van der Waals surface area contributed by atoms with Crippen molar-refractivity contribution in [2.75, 3.05) is 13.2 Å². The van der Waals surface area contributed by atoms with E-state index in [4.69, 9.17) is 26.2 Å². The van der Waals surface area contributed by atoms with Gasteiger partial charge in [0.25, 0.3) is 0 Å². The highest BCUT2D eigenvalue weighted by atomic mass is 127. The number of hydrogen-bond donors (Lipinski definition) is 0. The van der Waals surface area contributed by atoms with Crippen LogP contribution in [0, 0.1) is 3.57 Å². The first-order chi connectivity index (χ1) is 17.4. The van der Waals surface area contributed by atoms with Crippen molar-refractivity contribution < 1.29 is 19.1 Å². The van der Waals surface area contributed by atoms with Crippen LogP contribution in [0.2, 0.25) is 5.15 Å². The van der Waals surface area contributed by atoms with Crippen LogP contribution in [0.4, 0.5) is 0 Å². The van der Waals surface area contributed by atoms with Gasteiger partial charge in [-0.1, -0.05) is 23.7 Å². The summed E-state index contributed by atoms with van der Waals surface area (Å²) in [5, 5.41) is 7.44. The maximum Gasteiger partial charge on any atom is 0.305 e. The highest BCUT2D eigenvalue weighted by Gasteiger charge is 2.34. The monoisotopic (exact) mass is 619 g/mol. The number of nitrogens with zero attached hydrogens (tertiary/aromatic N) is 3. The third kappa shape index (κ3) is 6.15. The molecule has 36 heavy (non-hydrogen) atoms. The zero-order valence-corrected chi connectivity index (χ0v) is 23.1. The van der Waals surface area contributed by atoms with E-state index in [2.05, 4.69) is 27.6 Å². The third-order valence-electron chi connectivity index (χ3n) is 5.86. The van der Waals surface area contributed by atoms with Crippen molar-refractivity contribution in [2.24, 2.45) is 5.10 Å². The number of amides is 1. The molecule has 2 heterocycles. The van der Waals surface area contributed by atoms with Crippen LogP contribution in [-0.4, -0.2) is 40.8 Å². The molecule has 1 amide bonds. The number of carbonyl (C=O) groups is 2. The van der Waals surface area contributed by atoms with E-state index >= 15 is 0 Å². The van der Waals surface area contributed by atoms with Crippen molar-refractivity contribution in [1.82, 2.24) is 9.99 Å². The fourth-order valence-electron chi connectivity index (χ4n) is 4.16. The summed E-state index contributed by atoms with van der Waals surface area (Å²) in [7, 11) is 0. The number of rotatable bonds is 9. The fraction of sp³-hybridized carbons (Fsp3) is 0.333. The standard InChI is InChI=1S/C27H27ClIN3O4/c1-3-35-20-13-10-18-14-21(27(28)30-22(18)15-20)24-16-23(17-8-11-19(29)12-9-17)31-32(24)25(33)6-5-7-26(34)36-4-2/h8-15,24H,3-7,16H2,1-2H3. The van der Waals surface area contributed by atoms with Gasteiger partial charge in [0.1, 0.15) is 10.9 Å². The number of aromatic nitrogens is 1. The lowest BCUT2D eigenvalue weighted by Gasteiger charge is -2.23. The number of benzene rings is 2. The van der Waals surface area contributed by atoms with E-state index in [9.17, 15) is 9.59 Å². The number of ether oxygens (including phenoxy) is 2. The highest BCUT2D eigenvalue weighted by molar-refractivity contribution is 14.1. The van der Waals surface area contributed by atoms with Crippen LogP contribution in [0.25, 0.3) is 10.9 Å². The Morgan fingerprint density at radius 1 is 1.08 bits per heavy atom. The molecule has 188 valence electrons. The summed E-state index contributed by atoms with van der Waals surface area (Å²) in [6, 6.07) is 15.3. The Labute approximate surface area is 229 Å². The van der Waals surface area contributed by atoms with Crippen molar-refractivity contribution >= 4 is 62.7 Å². The van der Waals surface area contributed by atoms with Gasteiger partial charge in [0.15, 0.2) is 0 Å². The van der Waals surface area contributed by atoms with Crippen LogP contribution in [0.3, 0.4) is 0 Å². The van der Waals surface area contributed by atoms with E-state index in [1.54, 1.807) is 6.92 Å². The molecule has 0 spiro atoms. The zero-order valence-electron chi connectivity index (χ0n) is 20.2. The maximum absolute atomic E-state index is 13.3. The minimum Gasteiger partial charge on any atom is -0.494 e. The molecule has 1 atom stereocenters. The van der Waals surface area contributed by atoms with Crippen LogP contribution in [-0.2, 0) is 14.3 Å². The molecule has 9 heteroatoms. The number of esters is 1. The molecule has 3 aromatic rings. The molecule has 1 aromatic heterocycles. The summed E-state index contributed by atoms with van der Waals surface area (Å²) in [6.07, 6.45) is 1.26. The second-order valence-electron chi connectivity index (χ2n) is 8.33. The number of pyridine rings is 1. The van der Waals surface area contributed by atoms with Crippen molar-refractivity contribution in [3.8, 4) is 5.75 Å². The van der Waals surface area contributed by atoms with Gasteiger partial charge in [-0.25, -0.2) is 9.99 Å². The molecule has 0 fully saturated rings. The Bertz CT molecular complexity index is 1300. The lowest BCUT2D eigenvalue weighted by molar-refractivity contribution is -0.143. The van der Waals surface area contributed by atoms with Crippen LogP contribution in [0.5, 0.6) is 5.75 Å². The van der Waals surface area contributed by atoms with Gasteiger partial charge >= 0.3 is 5.97 Å². The first kappa shape index (κ1) is 26.3. The summed E-state index contributed by atoms with van der Waals surface area (Å²) in [6.45, 7) is 4.57. The molecule has 0 radical (unpaired) electrons. The second-order valence-corrected chi connectivity index (χ2v) is 9.93. The van der Waals surface area contributed by atoms with Gasteiger partial charge in [-0.2, -0.15) is 5.10 Å². The van der Waals surface area contributed by atoms with Crippen LogP contribution in [0.15, 0.2) is 53.6 Å². The van der Waals surface area contributed by atoms with Gasteiger partial charge in [-0.15, -0.1) is 0 Å². The maximum atomic E-state index is 13.3. The van der Waals surface area contributed by atoms with E-state index in [0.29, 0.717) is 31.2 Å². The molecule has 0 saturated carbocycles. The normalized spacial score (nSPS) is 15.2. The molecule has 0 bridgehead atoms. The molecule has 4 rings (SSSR count). The third-order valence-corrected chi connectivity index (χ3v) is 6.88. The zero-order chi connectivity index (χ0) is 25.7. The molecular formula is C27H27ClIN3O4. The van der Waals surface area contributed by atoms with Crippen molar-refractivity contribution in [3.05, 3.63) is 68.4 Å². The Balaban J connectivity index is 1.63. The number of fused-ring (bicyclic) bond motifs is 1. The first-order valence-electron chi connectivity index (χ1n) is 11.9. The Morgan fingerprint density at radius 3 is 2.58 bits per heavy atom. The quantitative estimate of drug-likeness (QED) is 0.160. The SMILES string of the molecule is CCOC(=O)CCCC(=O)N1N=C(c2ccc(I)cc2)CC1c1cc2ccc(OCC)cc2nc1Cl. The van der Waals surface area contributed by atoms with E-state index < -0.39 is 6.04 Å². The van der Waals surface area contributed by atoms with Crippen molar-refractivity contribution in [2.45, 2.75) is 45.6 Å². The van der Waals surface area contributed by atoms with E-state index in [1.165, 1.54) is 5.01 Å². The predicted molar refractivity (Wildman–Crippen MR) is 148 cm³/mol. The molecule has 1 aliphatic rings. The fourth-order valence-corrected chi connectivity index (χ4v) is 4.79. The van der Waals surface area contributed by atoms with Crippen LogP contribution in [0.1, 0.15) is 56.7 Å². The summed E-state index contributed by atoms with van der Waals surface area (Å²) >= 11 is 8.93. The van der Waals surface area contributed by atoms with Gasteiger partial charge in [0, 0.05) is 39.8 Å². The Morgan fingerprint density at radius 2 is 1.86 bits per heavy atom. The topological polar surface area (TPSA) is 81.1 Å². The van der Waals surface area contributed by atoms with E-state index in [1.807, 2.05) is 55.5 Å². The summed E-state index contributed by atoms with van der Waals surface area (Å²) in [5.74, 6) is 0.247. The minimum absolute atomic E-state index is 0.173. The summed E-state index contributed by atoms with van der Waals surface area (Å²) in [5.41, 5.74) is 3.21. The smallest absolute Gasteiger partial charge is 0.305 e. The summed E-state index contributed by atoms with van der Waals surface area (Å²) < 4.78 is 11.7. The molecular weight excluding hydrogens is 593 g/mol. The van der Waals surface area contributed by atoms with Crippen molar-refractivity contribution in [1.29, 1.82) is 0 Å². The van der Waals surface area contributed by atoms with Gasteiger partial charge in [0.05, 0.1) is 30.5 Å². The van der Waals surface area contributed by atoms with E-state index in [-0.39, 0.29) is 24.7 Å². The van der Waals surface area contributed by atoms with Crippen LogP contribution < -0.4 is 4.74 Å². The van der Waals surface area contributed by atoms with Crippen LogP contribution >= 0.6 is 34.2 Å². The Kier molecular flexibility index (Phi) is 8.79. The molecule has 0 N–H and O–H groups in total. The molecule has 0 saturated heterocycles. The number of hydrogen-bond acceptors (Lipinski definition) is 6. The van der Waals surface area contributed by atoms with Gasteiger partial charge in [-0.05, 0) is 78.8 Å². The predicted octanol–water partition coefficient (Wildman–Crippen LogP) is 6.30. The highest BCUT2D eigenvalue weighted by Crippen LogP contribution is 2.38. The molecule has 1 unspecified atom stereocenters. The molecule has 2 aromatic carbocycles. The molecule has 1 aliphatic heterocycles. The Hall–Kier alpha value is -2.72. The average Bonchev–Trinajstić information content (AvgIpc) is 3.29. The molecule has 0 aliphatic carbocycles. The average molecular weight is 620 g/mol. The minimum atomic E-state index is -0.398. The lowest BCUT2D eigenvalue weighted by Crippen LogP contribution is -2.27. The van der Waals surface area contributed by atoms with E-state index in [0.717, 1.165) is 37.1 Å². The first-order valence-corrected chi connectivity index (χ1v) is 13.4. The van der Waals surface area contributed by atoms with Gasteiger partial charge in [-0.3, -0.25) is 9.59 Å². The second kappa shape index (κ2) is 12.0. The lowest BCUT2D eigenvalue weighted by atomic mass is 9.98. The van der Waals surface area contributed by atoms with Gasteiger partial charge in [0.2, 0.25) is 5.91 Å². The van der Waals surface area contributed by atoms with Gasteiger partial charge < -0.3 is 9.47 Å².